The standard InChI is InChI=1S/C23H19FN6O/c1-13(14-2-3-14)27-19-9-8-17(12-26-19)28-23(31)18-10-11-25-22-20(18)29-21(30-22)15-4-6-16(24)7-5-15/h4-12H,2-3H2,1H3,(H,26,27)(H,28,31)(H,25,29,30). The highest BCUT2D eigenvalue weighted by Gasteiger charge is 2.17. The van der Waals surface area contributed by atoms with Gasteiger partial charge in [-0.2, -0.15) is 0 Å². The number of fused-ring (bicyclic) bond motifs is 1. The van der Waals surface area contributed by atoms with Crippen molar-refractivity contribution in [2.75, 3.05) is 10.6 Å². The van der Waals surface area contributed by atoms with Crippen LogP contribution in [0.2, 0.25) is 0 Å². The van der Waals surface area contributed by atoms with Crippen LogP contribution >= 0.6 is 0 Å². The summed E-state index contributed by atoms with van der Waals surface area (Å²) in [6.45, 7) is 2.04. The van der Waals surface area contributed by atoms with Crippen LogP contribution in [0.5, 0.6) is 0 Å². The van der Waals surface area contributed by atoms with E-state index in [1.54, 1.807) is 30.5 Å². The number of benzene rings is 1. The number of anilines is 2. The Morgan fingerprint density at radius 3 is 2.55 bits per heavy atom. The lowest BCUT2D eigenvalue weighted by Crippen LogP contribution is -2.13. The average Bonchev–Trinajstić information content (AvgIpc) is 3.54. The van der Waals surface area contributed by atoms with E-state index >= 15 is 0 Å². The van der Waals surface area contributed by atoms with Gasteiger partial charge in [-0.3, -0.25) is 4.79 Å². The van der Waals surface area contributed by atoms with Gasteiger partial charge in [-0.15, -0.1) is 0 Å². The summed E-state index contributed by atoms with van der Waals surface area (Å²) in [7, 11) is 0. The van der Waals surface area contributed by atoms with Gasteiger partial charge < -0.3 is 15.6 Å². The van der Waals surface area contributed by atoms with E-state index in [2.05, 4.69) is 30.6 Å². The van der Waals surface area contributed by atoms with Crippen molar-refractivity contribution in [2.45, 2.75) is 19.8 Å². The van der Waals surface area contributed by atoms with Gasteiger partial charge in [0.2, 0.25) is 0 Å². The maximum absolute atomic E-state index is 13.2. The van der Waals surface area contributed by atoms with Crippen LogP contribution in [-0.4, -0.2) is 25.8 Å². The molecule has 1 aliphatic rings. The van der Waals surface area contributed by atoms with Gasteiger partial charge in [0, 0.05) is 17.5 Å². The number of allylic oxidation sites excluding steroid dienone is 2. The quantitative estimate of drug-likeness (QED) is 0.432. The number of carbonyl (C=O) groups is 1. The van der Waals surface area contributed by atoms with Crippen molar-refractivity contribution in [2.24, 2.45) is 0 Å². The molecule has 4 aromatic rings. The maximum Gasteiger partial charge on any atom is 0.258 e. The van der Waals surface area contributed by atoms with Crippen molar-refractivity contribution in [1.29, 1.82) is 0 Å². The largest absolute Gasteiger partial charge is 0.344 e. The Labute approximate surface area is 177 Å². The van der Waals surface area contributed by atoms with Gasteiger partial charge in [0.25, 0.3) is 5.91 Å². The number of imidazole rings is 1. The number of hydrogen-bond donors (Lipinski definition) is 3. The Hall–Kier alpha value is -4.07. The Balaban J connectivity index is 1.37. The van der Waals surface area contributed by atoms with Gasteiger partial charge in [-0.1, -0.05) is 5.57 Å². The number of nitrogens with zero attached hydrogens (tertiary/aromatic N) is 3. The van der Waals surface area contributed by atoms with Crippen molar-refractivity contribution >= 4 is 28.6 Å². The first-order valence-electron chi connectivity index (χ1n) is 9.90. The topological polar surface area (TPSA) is 95.6 Å². The second-order valence-corrected chi connectivity index (χ2v) is 7.39. The number of nitrogens with one attached hydrogen (secondary N) is 3. The lowest BCUT2D eigenvalue weighted by Gasteiger charge is -2.08. The average molecular weight is 414 g/mol. The van der Waals surface area contributed by atoms with Crippen molar-refractivity contribution in [1.82, 2.24) is 19.9 Å². The monoisotopic (exact) mass is 414 g/mol. The molecule has 0 saturated heterocycles. The van der Waals surface area contributed by atoms with Crippen LogP contribution in [0.4, 0.5) is 15.9 Å². The molecular weight excluding hydrogens is 395 g/mol. The fourth-order valence-electron chi connectivity index (χ4n) is 3.30. The zero-order valence-electron chi connectivity index (χ0n) is 16.7. The summed E-state index contributed by atoms with van der Waals surface area (Å²) in [4.78, 5) is 29.0. The van der Waals surface area contributed by atoms with Gasteiger partial charge in [0.05, 0.1) is 23.0 Å². The molecule has 3 heterocycles. The molecule has 1 aliphatic carbocycles. The summed E-state index contributed by atoms with van der Waals surface area (Å²) in [6, 6.07) is 11.2. The highest BCUT2D eigenvalue weighted by molar-refractivity contribution is 6.11. The Kier molecular flexibility index (Phi) is 4.66. The van der Waals surface area contributed by atoms with Crippen molar-refractivity contribution < 1.29 is 9.18 Å². The molecular formula is C23H19FN6O. The first-order valence-corrected chi connectivity index (χ1v) is 9.90. The Bertz CT molecular complexity index is 1300. The van der Waals surface area contributed by atoms with Gasteiger partial charge in [-0.25, -0.2) is 19.3 Å². The normalized spacial score (nSPS) is 12.6. The van der Waals surface area contributed by atoms with Crippen LogP contribution in [-0.2, 0) is 0 Å². The minimum Gasteiger partial charge on any atom is -0.344 e. The van der Waals surface area contributed by atoms with E-state index in [0.29, 0.717) is 33.8 Å². The number of halogens is 1. The molecule has 7 nitrogen and oxygen atoms in total. The number of rotatable bonds is 5. The molecule has 1 fully saturated rings. The van der Waals surface area contributed by atoms with Crippen LogP contribution in [0.25, 0.3) is 22.6 Å². The van der Waals surface area contributed by atoms with Crippen LogP contribution < -0.4 is 10.6 Å². The number of carbonyl (C=O) groups excluding carboxylic acids is 1. The summed E-state index contributed by atoms with van der Waals surface area (Å²) in [6.07, 6.45) is 5.43. The highest BCUT2D eigenvalue weighted by atomic mass is 19.1. The molecule has 0 bridgehead atoms. The number of aromatic nitrogens is 4. The molecule has 0 aliphatic heterocycles. The van der Waals surface area contributed by atoms with Gasteiger partial charge in [0.15, 0.2) is 5.65 Å². The Morgan fingerprint density at radius 1 is 1.03 bits per heavy atom. The molecule has 0 unspecified atom stereocenters. The minimum absolute atomic E-state index is 0.305. The second-order valence-electron chi connectivity index (χ2n) is 7.39. The van der Waals surface area contributed by atoms with Crippen LogP contribution in [0.15, 0.2) is 66.1 Å². The number of amides is 1. The molecule has 31 heavy (non-hydrogen) atoms. The predicted octanol–water partition coefficient (Wildman–Crippen LogP) is 4.89. The third-order valence-corrected chi connectivity index (χ3v) is 5.12. The van der Waals surface area contributed by atoms with Crippen LogP contribution in [0.1, 0.15) is 30.1 Å². The minimum atomic E-state index is -0.327. The molecule has 0 radical (unpaired) electrons. The van der Waals surface area contributed by atoms with E-state index in [0.717, 1.165) is 24.4 Å². The first kappa shape index (κ1) is 18.9. The fourth-order valence-corrected chi connectivity index (χ4v) is 3.30. The summed E-state index contributed by atoms with van der Waals surface area (Å²) in [5, 5.41) is 6.13. The van der Waals surface area contributed by atoms with Crippen LogP contribution in [0, 0.1) is 5.82 Å². The predicted molar refractivity (Wildman–Crippen MR) is 117 cm³/mol. The van der Waals surface area contributed by atoms with E-state index in [-0.39, 0.29) is 11.7 Å². The molecule has 1 amide bonds. The number of H-pyrrole nitrogens is 1. The molecule has 3 aromatic heterocycles. The smallest absolute Gasteiger partial charge is 0.258 e. The maximum atomic E-state index is 13.2. The summed E-state index contributed by atoms with van der Waals surface area (Å²) >= 11 is 0. The van der Waals surface area contributed by atoms with Crippen molar-refractivity contribution in [3.63, 3.8) is 0 Å². The van der Waals surface area contributed by atoms with E-state index in [9.17, 15) is 9.18 Å². The fraction of sp³-hybridized carbons (Fsp3) is 0.130. The molecule has 3 N–H and O–H groups in total. The lowest BCUT2D eigenvalue weighted by molar-refractivity contribution is 0.102. The summed E-state index contributed by atoms with van der Waals surface area (Å²) < 4.78 is 13.2. The zero-order valence-corrected chi connectivity index (χ0v) is 16.7. The van der Waals surface area contributed by atoms with Crippen LogP contribution in [0.3, 0.4) is 0 Å². The van der Waals surface area contributed by atoms with Gasteiger partial charge in [0.1, 0.15) is 17.5 Å². The van der Waals surface area contributed by atoms with Crippen molar-refractivity contribution in [3.8, 4) is 11.4 Å². The van der Waals surface area contributed by atoms with E-state index in [1.807, 2.05) is 13.0 Å². The first-order chi connectivity index (χ1) is 15.1. The number of hydrogen-bond acceptors (Lipinski definition) is 5. The zero-order chi connectivity index (χ0) is 21.4. The van der Waals surface area contributed by atoms with E-state index in [4.69, 9.17) is 0 Å². The Morgan fingerprint density at radius 2 is 1.84 bits per heavy atom. The third kappa shape index (κ3) is 4.00. The van der Waals surface area contributed by atoms with E-state index in [1.165, 1.54) is 23.9 Å². The summed E-state index contributed by atoms with van der Waals surface area (Å²) in [5.74, 6) is 0.617. The lowest BCUT2D eigenvalue weighted by atomic mass is 10.2. The highest BCUT2D eigenvalue weighted by Crippen LogP contribution is 2.31. The molecule has 5 rings (SSSR count). The number of pyridine rings is 2. The molecule has 154 valence electrons. The molecule has 0 atom stereocenters. The van der Waals surface area contributed by atoms with Gasteiger partial charge in [-0.05, 0) is 62.2 Å². The van der Waals surface area contributed by atoms with Crippen molar-refractivity contribution in [3.05, 3.63) is 77.5 Å². The van der Waals surface area contributed by atoms with E-state index < -0.39 is 0 Å². The molecule has 1 aromatic carbocycles. The van der Waals surface area contributed by atoms with Gasteiger partial charge >= 0.3 is 0 Å². The summed E-state index contributed by atoms with van der Waals surface area (Å²) in [5.41, 5.74) is 5.16. The molecule has 1 saturated carbocycles. The second kappa shape index (κ2) is 7.64. The third-order valence-electron chi connectivity index (χ3n) is 5.12. The molecule has 0 spiro atoms. The SMILES string of the molecule is CC(Nc1ccc(NC(=O)c2ccnc3nc(-c4ccc(F)cc4)[nH]c23)cn1)=C1CC1. The molecule has 8 heteroatoms. The number of aromatic amines is 1.